The van der Waals surface area contributed by atoms with Gasteiger partial charge in [0.2, 0.25) is 0 Å². The minimum Gasteiger partial charge on any atom is -0.377 e. The van der Waals surface area contributed by atoms with Crippen molar-refractivity contribution in [2.75, 3.05) is 42.7 Å². The minimum atomic E-state index is -2.54. The molecule has 24 heavy (non-hydrogen) atoms. The van der Waals surface area contributed by atoms with Gasteiger partial charge in [0.15, 0.2) is 0 Å². The molecule has 1 aromatic carbocycles. The Labute approximate surface area is 147 Å². The molecule has 0 bridgehead atoms. The number of benzene rings is 1. The highest BCUT2D eigenvalue weighted by Gasteiger charge is 2.38. The van der Waals surface area contributed by atoms with Gasteiger partial charge in [-0.25, -0.2) is 0 Å². The third-order valence-corrected chi connectivity index (χ3v) is 9.75. The zero-order valence-corrected chi connectivity index (χ0v) is 17.6. The molecule has 8 heteroatoms. The van der Waals surface area contributed by atoms with Crippen molar-refractivity contribution in [3.63, 3.8) is 0 Å². The lowest BCUT2D eigenvalue weighted by Gasteiger charge is -2.25. The van der Waals surface area contributed by atoms with Crippen LogP contribution in [0, 0.1) is 0 Å². The van der Waals surface area contributed by atoms with Gasteiger partial charge in [-0.1, -0.05) is 24.3 Å². The van der Waals surface area contributed by atoms with E-state index in [2.05, 4.69) is 24.3 Å². The van der Waals surface area contributed by atoms with E-state index in [1.807, 2.05) is 0 Å². The van der Waals surface area contributed by atoms with Gasteiger partial charge in [-0.05, 0) is 24.0 Å². The first-order valence-electron chi connectivity index (χ1n) is 7.91. The molecule has 6 nitrogen and oxygen atoms in total. The van der Waals surface area contributed by atoms with Crippen molar-refractivity contribution in [3.05, 3.63) is 35.4 Å². The van der Waals surface area contributed by atoms with Crippen LogP contribution in [-0.2, 0) is 39.4 Å². The summed E-state index contributed by atoms with van der Waals surface area (Å²) in [6.07, 6.45) is 1.69. The molecule has 0 unspecified atom stereocenters. The van der Waals surface area contributed by atoms with Gasteiger partial charge in [0, 0.05) is 54.7 Å². The normalized spacial score (nSPS) is 12.6. The lowest BCUT2D eigenvalue weighted by molar-refractivity contribution is 0.123. The third kappa shape index (κ3) is 5.74. The molecular formula is C16H30O6Si2. The molecule has 0 aliphatic rings. The van der Waals surface area contributed by atoms with E-state index < -0.39 is 17.6 Å². The molecule has 0 aromatic heterocycles. The summed E-state index contributed by atoms with van der Waals surface area (Å²) in [5, 5.41) is 0. The van der Waals surface area contributed by atoms with Gasteiger partial charge in [0.1, 0.15) is 0 Å². The van der Waals surface area contributed by atoms with E-state index in [1.54, 1.807) is 42.7 Å². The number of rotatable bonds is 12. The highest BCUT2D eigenvalue weighted by atomic mass is 28.4. The van der Waals surface area contributed by atoms with Gasteiger partial charge in [-0.2, -0.15) is 0 Å². The fourth-order valence-corrected chi connectivity index (χ4v) is 6.06. The van der Waals surface area contributed by atoms with E-state index in [0.717, 1.165) is 24.9 Å². The molecule has 0 atom stereocenters. The zero-order valence-electron chi connectivity index (χ0n) is 15.6. The average molecular weight is 375 g/mol. The quantitative estimate of drug-likeness (QED) is 0.524. The van der Waals surface area contributed by atoms with Crippen LogP contribution in [0.4, 0.5) is 0 Å². The summed E-state index contributed by atoms with van der Waals surface area (Å²) >= 11 is 0. The lowest BCUT2D eigenvalue weighted by atomic mass is 10.1. The highest BCUT2D eigenvalue weighted by molar-refractivity contribution is 6.60. The maximum Gasteiger partial charge on any atom is 0.500 e. The van der Waals surface area contributed by atoms with Gasteiger partial charge in [-0.15, -0.1) is 0 Å². The Bertz CT molecular complexity index is 422. The van der Waals surface area contributed by atoms with Crippen molar-refractivity contribution < 1.29 is 26.6 Å². The Morgan fingerprint density at radius 3 is 1.25 bits per heavy atom. The van der Waals surface area contributed by atoms with Crippen LogP contribution >= 0.6 is 0 Å². The molecule has 0 amide bonds. The van der Waals surface area contributed by atoms with E-state index in [9.17, 15) is 0 Å². The molecular weight excluding hydrogens is 344 g/mol. The van der Waals surface area contributed by atoms with Gasteiger partial charge in [0.05, 0.1) is 0 Å². The molecule has 0 radical (unpaired) electrons. The van der Waals surface area contributed by atoms with Gasteiger partial charge >= 0.3 is 17.6 Å². The van der Waals surface area contributed by atoms with E-state index in [1.165, 1.54) is 11.1 Å². The predicted octanol–water partition coefficient (Wildman–Crippen LogP) is 2.53. The maximum absolute atomic E-state index is 5.47. The number of aryl methyl sites for hydroxylation is 2. The Balaban J connectivity index is 2.70. The topological polar surface area (TPSA) is 55.4 Å². The predicted molar refractivity (Wildman–Crippen MR) is 97.0 cm³/mol. The summed E-state index contributed by atoms with van der Waals surface area (Å²) in [6.45, 7) is 0. The standard InChI is InChI=1S/C16H30O6Si2/c1-17-23(18-2,19-3)12-10-15-8-7-9-16(14-15)11-13-24(20-4,21-5)22-6/h7-9,14H,10-13H2,1-6H3. The summed E-state index contributed by atoms with van der Waals surface area (Å²) in [6, 6.07) is 9.96. The molecule has 138 valence electrons. The lowest BCUT2D eigenvalue weighted by Crippen LogP contribution is -2.43. The van der Waals surface area contributed by atoms with E-state index in [0.29, 0.717) is 0 Å². The van der Waals surface area contributed by atoms with E-state index >= 15 is 0 Å². The molecule has 0 fully saturated rings. The monoisotopic (exact) mass is 374 g/mol. The molecule has 1 aromatic rings. The molecule has 0 aliphatic heterocycles. The van der Waals surface area contributed by atoms with Crippen molar-refractivity contribution in [2.24, 2.45) is 0 Å². The fourth-order valence-electron chi connectivity index (χ4n) is 2.65. The molecule has 0 N–H and O–H groups in total. The summed E-state index contributed by atoms with van der Waals surface area (Å²) in [7, 11) is 4.76. The van der Waals surface area contributed by atoms with Crippen LogP contribution in [0.5, 0.6) is 0 Å². The molecule has 0 heterocycles. The minimum absolute atomic E-state index is 0.743. The van der Waals surface area contributed by atoms with Crippen LogP contribution in [0.1, 0.15) is 11.1 Å². The largest absolute Gasteiger partial charge is 0.500 e. The van der Waals surface area contributed by atoms with Crippen molar-refractivity contribution >= 4 is 17.6 Å². The van der Waals surface area contributed by atoms with E-state index in [-0.39, 0.29) is 0 Å². The first-order valence-corrected chi connectivity index (χ1v) is 11.8. The fraction of sp³-hybridized carbons (Fsp3) is 0.625. The summed E-state index contributed by atoms with van der Waals surface area (Å²) in [5.74, 6) is 0. The Morgan fingerprint density at radius 2 is 0.958 bits per heavy atom. The van der Waals surface area contributed by atoms with Crippen LogP contribution in [-0.4, -0.2) is 60.3 Å². The van der Waals surface area contributed by atoms with Gasteiger partial charge < -0.3 is 26.6 Å². The van der Waals surface area contributed by atoms with Crippen LogP contribution in [0.25, 0.3) is 0 Å². The second kappa shape index (κ2) is 10.4. The first kappa shape index (κ1) is 21.5. The second-order valence-corrected chi connectivity index (χ2v) is 11.6. The van der Waals surface area contributed by atoms with Gasteiger partial charge in [-0.3, -0.25) is 0 Å². The second-order valence-electron chi connectivity index (χ2n) is 5.41. The summed E-state index contributed by atoms with van der Waals surface area (Å²) < 4.78 is 32.8. The third-order valence-electron chi connectivity index (χ3n) is 4.30. The van der Waals surface area contributed by atoms with Crippen LogP contribution in [0.2, 0.25) is 12.1 Å². The van der Waals surface area contributed by atoms with Crippen molar-refractivity contribution in [3.8, 4) is 0 Å². The number of hydrogen-bond acceptors (Lipinski definition) is 6. The van der Waals surface area contributed by atoms with Crippen LogP contribution in [0.3, 0.4) is 0 Å². The Kier molecular flexibility index (Phi) is 9.31. The molecule has 0 saturated carbocycles. The molecule has 1 rings (SSSR count). The summed E-state index contributed by atoms with van der Waals surface area (Å²) in [4.78, 5) is 0. The van der Waals surface area contributed by atoms with Crippen molar-refractivity contribution in [1.82, 2.24) is 0 Å². The van der Waals surface area contributed by atoms with Crippen molar-refractivity contribution in [2.45, 2.75) is 24.9 Å². The SMILES string of the molecule is CO[Si](CCc1cccc(CC[Si](OC)(OC)OC)c1)(OC)OC. The molecule has 0 spiro atoms. The maximum atomic E-state index is 5.47. The first-order chi connectivity index (χ1) is 11.5. The molecule has 0 aliphatic carbocycles. The van der Waals surface area contributed by atoms with Crippen LogP contribution in [0.15, 0.2) is 24.3 Å². The number of hydrogen-bond donors (Lipinski definition) is 0. The highest BCUT2D eigenvalue weighted by Crippen LogP contribution is 2.20. The van der Waals surface area contributed by atoms with Crippen molar-refractivity contribution in [1.29, 1.82) is 0 Å². The van der Waals surface area contributed by atoms with E-state index in [4.69, 9.17) is 26.6 Å². The average Bonchev–Trinajstić information content (AvgIpc) is 2.65. The van der Waals surface area contributed by atoms with Gasteiger partial charge in [0.25, 0.3) is 0 Å². The Hall–Kier alpha value is -0.586. The Morgan fingerprint density at radius 1 is 0.625 bits per heavy atom. The summed E-state index contributed by atoms with van der Waals surface area (Å²) in [5.41, 5.74) is 2.46. The smallest absolute Gasteiger partial charge is 0.377 e. The zero-order chi connectivity index (χ0) is 18.1. The molecule has 0 saturated heterocycles. The van der Waals surface area contributed by atoms with Crippen LogP contribution < -0.4 is 0 Å².